The molecule has 0 aromatic heterocycles. The van der Waals surface area contributed by atoms with Crippen LogP contribution in [0.4, 0.5) is 28.4 Å². The number of para-hydroxylation sites is 1. The molecule has 0 aliphatic heterocycles. The highest BCUT2D eigenvalue weighted by Crippen LogP contribution is 2.39. The largest absolute Gasteiger partial charge is 0.345 e. The summed E-state index contributed by atoms with van der Waals surface area (Å²) in [6.45, 7) is 6.02. The second-order valence-corrected chi connectivity index (χ2v) is 11.6. The first-order valence-electron chi connectivity index (χ1n) is 15.7. The SMILES string of the molecule is C=C/C=C\c1cccc(N(c2ccccc2)c2ccc(-c3ccc(N(C)c4ccc5cc6ccccc6cc5c4)cc3)cc2)c1C. The molecule has 0 heterocycles. The number of rotatable bonds is 8. The molecule has 222 valence electrons. The van der Waals surface area contributed by atoms with Gasteiger partial charge in [0.05, 0.1) is 0 Å². The lowest BCUT2D eigenvalue weighted by atomic mass is 10.0. The van der Waals surface area contributed by atoms with Crippen LogP contribution in [0.25, 0.3) is 38.7 Å². The van der Waals surface area contributed by atoms with Crippen molar-refractivity contribution >= 4 is 56.1 Å². The van der Waals surface area contributed by atoms with E-state index in [1.54, 1.807) is 0 Å². The molecular formula is C44H36N2. The predicted octanol–water partition coefficient (Wildman–Crippen LogP) is 12.4. The monoisotopic (exact) mass is 592 g/mol. The fourth-order valence-corrected chi connectivity index (χ4v) is 6.21. The highest BCUT2D eigenvalue weighted by molar-refractivity contribution is 5.99. The maximum absolute atomic E-state index is 3.84. The summed E-state index contributed by atoms with van der Waals surface area (Å²) in [5, 5.41) is 5.04. The van der Waals surface area contributed by atoms with E-state index < -0.39 is 0 Å². The summed E-state index contributed by atoms with van der Waals surface area (Å²) in [7, 11) is 2.13. The Kier molecular flexibility index (Phi) is 7.93. The molecule has 7 rings (SSSR count). The van der Waals surface area contributed by atoms with E-state index in [2.05, 4.69) is 188 Å². The third kappa shape index (κ3) is 5.69. The minimum Gasteiger partial charge on any atom is -0.345 e. The molecule has 0 unspecified atom stereocenters. The highest BCUT2D eigenvalue weighted by Gasteiger charge is 2.16. The van der Waals surface area contributed by atoms with Crippen molar-refractivity contribution in [3.8, 4) is 11.1 Å². The van der Waals surface area contributed by atoms with E-state index in [1.807, 2.05) is 12.2 Å². The molecule has 2 heteroatoms. The Labute approximate surface area is 271 Å². The summed E-state index contributed by atoms with van der Waals surface area (Å²) in [5.41, 5.74) is 10.5. The maximum Gasteiger partial charge on any atom is 0.0496 e. The molecule has 0 N–H and O–H groups in total. The van der Waals surface area contributed by atoms with Crippen LogP contribution < -0.4 is 9.80 Å². The number of anilines is 5. The van der Waals surface area contributed by atoms with E-state index in [-0.39, 0.29) is 0 Å². The first-order valence-corrected chi connectivity index (χ1v) is 15.7. The molecule has 2 nitrogen and oxygen atoms in total. The zero-order valence-electron chi connectivity index (χ0n) is 26.3. The predicted molar refractivity (Wildman–Crippen MR) is 200 cm³/mol. The number of hydrogen-bond acceptors (Lipinski definition) is 2. The number of hydrogen-bond donors (Lipinski definition) is 0. The van der Waals surface area contributed by atoms with Crippen LogP contribution in [0.5, 0.6) is 0 Å². The third-order valence-corrected chi connectivity index (χ3v) is 8.80. The van der Waals surface area contributed by atoms with Gasteiger partial charge in [0.2, 0.25) is 0 Å². The van der Waals surface area contributed by atoms with Gasteiger partial charge < -0.3 is 9.80 Å². The topological polar surface area (TPSA) is 6.48 Å². The van der Waals surface area contributed by atoms with Crippen molar-refractivity contribution in [3.63, 3.8) is 0 Å². The van der Waals surface area contributed by atoms with Crippen LogP contribution >= 0.6 is 0 Å². The Morgan fingerprint density at radius 2 is 1.07 bits per heavy atom. The lowest BCUT2D eigenvalue weighted by molar-refractivity contribution is 1.21. The van der Waals surface area contributed by atoms with E-state index >= 15 is 0 Å². The molecule has 7 aromatic rings. The molecular weight excluding hydrogens is 556 g/mol. The number of nitrogens with zero attached hydrogens (tertiary/aromatic N) is 2. The minimum absolute atomic E-state index is 1.11. The molecule has 46 heavy (non-hydrogen) atoms. The van der Waals surface area contributed by atoms with Crippen molar-refractivity contribution < 1.29 is 0 Å². The van der Waals surface area contributed by atoms with Gasteiger partial charge in [-0.25, -0.2) is 0 Å². The summed E-state index contributed by atoms with van der Waals surface area (Å²) in [5.74, 6) is 0. The first kappa shape index (κ1) is 28.9. The zero-order chi connectivity index (χ0) is 31.5. The van der Waals surface area contributed by atoms with Gasteiger partial charge in [-0.15, -0.1) is 0 Å². The maximum atomic E-state index is 3.84. The Balaban J connectivity index is 1.16. The van der Waals surface area contributed by atoms with Crippen molar-refractivity contribution in [1.82, 2.24) is 0 Å². The van der Waals surface area contributed by atoms with Gasteiger partial charge in [0.25, 0.3) is 0 Å². The number of allylic oxidation sites excluding steroid dienone is 2. The van der Waals surface area contributed by atoms with E-state index in [0.29, 0.717) is 0 Å². The Hall–Kier alpha value is -5.86. The molecule has 0 bridgehead atoms. The summed E-state index contributed by atoms with van der Waals surface area (Å²) >= 11 is 0. The molecule has 0 fully saturated rings. The smallest absolute Gasteiger partial charge is 0.0496 e. The standard InChI is InChI=1S/C44H36N2/c1-4-5-12-33-15-11-18-44(32(33)2)46(41-16-7-6-8-17-41)42-26-21-35(22-27-42)34-19-24-40(25-20-34)45(3)43-28-23-38-29-36-13-9-10-14-37(36)30-39(38)31-43/h4-31H,1H2,2-3H3/b12-5-. The third-order valence-electron chi connectivity index (χ3n) is 8.80. The highest BCUT2D eigenvalue weighted by atomic mass is 15.1. The lowest BCUT2D eigenvalue weighted by Crippen LogP contribution is -2.11. The van der Waals surface area contributed by atoms with E-state index in [4.69, 9.17) is 0 Å². The van der Waals surface area contributed by atoms with Gasteiger partial charge in [-0.3, -0.25) is 0 Å². The minimum atomic E-state index is 1.11. The summed E-state index contributed by atoms with van der Waals surface area (Å²) in [6.07, 6.45) is 5.91. The molecule has 0 radical (unpaired) electrons. The average molecular weight is 593 g/mol. The molecule has 0 saturated heterocycles. The summed E-state index contributed by atoms with van der Waals surface area (Å²) in [4.78, 5) is 4.58. The van der Waals surface area contributed by atoms with E-state index in [1.165, 1.54) is 49.5 Å². The molecule has 0 amide bonds. The van der Waals surface area contributed by atoms with Crippen LogP contribution in [-0.2, 0) is 0 Å². The molecule has 0 spiro atoms. The fraction of sp³-hybridized carbons (Fsp3) is 0.0455. The second-order valence-electron chi connectivity index (χ2n) is 11.6. The van der Waals surface area contributed by atoms with Crippen molar-refractivity contribution in [2.75, 3.05) is 16.8 Å². The number of benzene rings is 7. The average Bonchev–Trinajstić information content (AvgIpc) is 3.11. The van der Waals surface area contributed by atoms with Gasteiger partial charge in [0, 0.05) is 35.5 Å². The first-order chi connectivity index (χ1) is 22.6. The van der Waals surface area contributed by atoms with Crippen LogP contribution in [0.1, 0.15) is 11.1 Å². The fourth-order valence-electron chi connectivity index (χ4n) is 6.21. The normalized spacial score (nSPS) is 11.3. The summed E-state index contributed by atoms with van der Waals surface area (Å²) in [6, 6.07) is 54.5. The van der Waals surface area contributed by atoms with E-state index in [0.717, 1.165) is 22.7 Å². The van der Waals surface area contributed by atoms with Crippen molar-refractivity contribution in [2.45, 2.75) is 6.92 Å². The van der Waals surface area contributed by atoms with Crippen LogP contribution in [0.15, 0.2) is 170 Å². The van der Waals surface area contributed by atoms with Crippen LogP contribution in [0.2, 0.25) is 0 Å². The molecule has 0 atom stereocenters. The van der Waals surface area contributed by atoms with Gasteiger partial charge in [0.15, 0.2) is 0 Å². The zero-order valence-corrected chi connectivity index (χ0v) is 26.3. The van der Waals surface area contributed by atoms with Gasteiger partial charge in [0.1, 0.15) is 0 Å². The van der Waals surface area contributed by atoms with Crippen LogP contribution in [-0.4, -0.2) is 7.05 Å². The molecule has 0 aliphatic carbocycles. The van der Waals surface area contributed by atoms with Crippen molar-refractivity contribution in [3.05, 3.63) is 182 Å². The number of fused-ring (bicyclic) bond motifs is 2. The molecule has 0 aliphatic rings. The lowest BCUT2D eigenvalue weighted by Gasteiger charge is -2.28. The van der Waals surface area contributed by atoms with Crippen LogP contribution in [0.3, 0.4) is 0 Å². The molecule has 0 saturated carbocycles. The quantitative estimate of drug-likeness (QED) is 0.128. The van der Waals surface area contributed by atoms with Crippen molar-refractivity contribution in [2.24, 2.45) is 0 Å². The van der Waals surface area contributed by atoms with Gasteiger partial charge in [-0.1, -0.05) is 110 Å². The van der Waals surface area contributed by atoms with Gasteiger partial charge >= 0.3 is 0 Å². The molecule has 7 aromatic carbocycles. The van der Waals surface area contributed by atoms with E-state index in [9.17, 15) is 0 Å². The summed E-state index contributed by atoms with van der Waals surface area (Å²) < 4.78 is 0. The Morgan fingerprint density at radius 1 is 0.500 bits per heavy atom. The van der Waals surface area contributed by atoms with Gasteiger partial charge in [-0.05, 0) is 117 Å². The Bertz CT molecular complexity index is 2180. The van der Waals surface area contributed by atoms with Gasteiger partial charge in [-0.2, -0.15) is 0 Å². The van der Waals surface area contributed by atoms with Crippen LogP contribution in [0, 0.1) is 6.92 Å². The second kappa shape index (κ2) is 12.6. The van der Waals surface area contributed by atoms with Crippen molar-refractivity contribution in [1.29, 1.82) is 0 Å². The Morgan fingerprint density at radius 3 is 1.74 bits per heavy atom.